The quantitative estimate of drug-likeness (QED) is 0.848. The highest BCUT2D eigenvalue weighted by Crippen LogP contribution is 2.24. The van der Waals surface area contributed by atoms with Crippen LogP contribution in [0.1, 0.15) is 37.7 Å². The van der Waals surface area contributed by atoms with Crippen molar-refractivity contribution < 1.29 is 9.53 Å². The van der Waals surface area contributed by atoms with E-state index < -0.39 is 0 Å². The number of carbonyl (C=O) groups is 1. The summed E-state index contributed by atoms with van der Waals surface area (Å²) in [6.07, 6.45) is 5.89. The molecule has 1 saturated carbocycles. The molecule has 2 rings (SSSR count). The van der Waals surface area contributed by atoms with Crippen molar-refractivity contribution in [1.29, 1.82) is 0 Å². The number of methoxy groups -OCH3 is 1. The summed E-state index contributed by atoms with van der Waals surface area (Å²) in [5, 5.41) is 0. The summed E-state index contributed by atoms with van der Waals surface area (Å²) in [5.41, 5.74) is 7.16. The topological polar surface area (TPSA) is 52.3 Å². The maximum absolute atomic E-state index is 12.4. The van der Waals surface area contributed by atoms with E-state index in [0.29, 0.717) is 6.42 Å². The van der Waals surface area contributed by atoms with Crippen molar-refractivity contribution in [2.24, 2.45) is 11.7 Å². The summed E-state index contributed by atoms with van der Waals surface area (Å²) in [6, 6.07) is 7.77. The zero-order valence-corrected chi connectivity index (χ0v) is 11.6. The van der Waals surface area contributed by atoms with Crippen molar-refractivity contribution in [3.8, 4) is 5.75 Å². The summed E-state index contributed by atoms with van der Waals surface area (Å²) in [5.74, 6) is 1.12. The lowest BCUT2D eigenvalue weighted by molar-refractivity contribution is -0.123. The fraction of sp³-hybridized carbons (Fsp3) is 0.562. The lowest BCUT2D eigenvalue weighted by Gasteiger charge is -2.20. The first-order chi connectivity index (χ1) is 9.20. The van der Waals surface area contributed by atoms with Crippen LogP contribution in [0.15, 0.2) is 24.3 Å². The zero-order valence-electron chi connectivity index (χ0n) is 11.6. The zero-order chi connectivity index (χ0) is 13.7. The van der Waals surface area contributed by atoms with E-state index in [9.17, 15) is 4.79 Å². The van der Waals surface area contributed by atoms with Gasteiger partial charge in [0.1, 0.15) is 11.5 Å². The molecule has 0 amide bonds. The van der Waals surface area contributed by atoms with Crippen molar-refractivity contribution in [3.63, 3.8) is 0 Å². The van der Waals surface area contributed by atoms with Crippen molar-refractivity contribution in [1.82, 2.24) is 0 Å². The van der Waals surface area contributed by atoms with E-state index in [2.05, 4.69) is 0 Å². The average molecular weight is 261 g/mol. The van der Waals surface area contributed by atoms with E-state index in [0.717, 1.165) is 37.0 Å². The molecule has 0 heterocycles. The molecular formula is C16H23NO2. The Balaban J connectivity index is 2.02. The van der Waals surface area contributed by atoms with Crippen LogP contribution in [0.4, 0.5) is 0 Å². The normalized spacial score (nSPS) is 23.7. The summed E-state index contributed by atoms with van der Waals surface area (Å²) >= 11 is 0. The van der Waals surface area contributed by atoms with Gasteiger partial charge in [0.25, 0.3) is 0 Å². The maximum Gasteiger partial charge on any atom is 0.141 e. The van der Waals surface area contributed by atoms with Gasteiger partial charge in [0.15, 0.2) is 0 Å². The van der Waals surface area contributed by atoms with Crippen molar-refractivity contribution in [2.75, 3.05) is 7.11 Å². The van der Waals surface area contributed by atoms with Gasteiger partial charge < -0.3 is 10.5 Å². The fourth-order valence-electron chi connectivity index (χ4n) is 2.85. The minimum absolute atomic E-state index is 0.0358. The molecule has 2 N–H and O–H groups in total. The summed E-state index contributed by atoms with van der Waals surface area (Å²) in [4.78, 5) is 12.4. The molecule has 3 heteroatoms. The third-order valence-corrected chi connectivity index (χ3v) is 4.00. The molecule has 0 radical (unpaired) electrons. The van der Waals surface area contributed by atoms with E-state index >= 15 is 0 Å². The van der Waals surface area contributed by atoms with Gasteiger partial charge in [0.2, 0.25) is 0 Å². The standard InChI is InChI=1S/C16H23NO2/c1-19-13-7-5-6-12(10-13)11-16(18)14-8-3-2-4-9-15(14)17/h5-7,10,14-15H,2-4,8-9,11,17H2,1H3. The van der Waals surface area contributed by atoms with Gasteiger partial charge in [-0.1, -0.05) is 31.4 Å². The molecule has 1 aliphatic rings. The van der Waals surface area contributed by atoms with Crippen LogP contribution in [0.25, 0.3) is 0 Å². The molecular weight excluding hydrogens is 238 g/mol. The first-order valence-corrected chi connectivity index (χ1v) is 7.12. The first kappa shape index (κ1) is 14.1. The van der Waals surface area contributed by atoms with E-state index in [4.69, 9.17) is 10.5 Å². The van der Waals surface area contributed by atoms with Gasteiger partial charge in [-0.05, 0) is 30.5 Å². The van der Waals surface area contributed by atoms with Gasteiger partial charge in [-0.3, -0.25) is 4.79 Å². The Hall–Kier alpha value is -1.35. The molecule has 2 atom stereocenters. The van der Waals surface area contributed by atoms with Gasteiger partial charge in [-0.2, -0.15) is 0 Å². The lowest BCUT2D eigenvalue weighted by atomic mass is 9.88. The summed E-state index contributed by atoms with van der Waals surface area (Å²) < 4.78 is 5.19. The van der Waals surface area contributed by atoms with Crippen molar-refractivity contribution in [3.05, 3.63) is 29.8 Å². The second-order valence-corrected chi connectivity index (χ2v) is 5.40. The predicted molar refractivity (Wildman–Crippen MR) is 76.3 cm³/mol. The van der Waals surface area contributed by atoms with Crippen molar-refractivity contribution in [2.45, 2.75) is 44.6 Å². The number of nitrogens with two attached hydrogens (primary N) is 1. The minimum atomic E-state index is 0.0358. The number of hydrogen-bond donors (Lipinski definition) is 1. The highest BCUT2D eigenvalue weighted by Gasteiger charge is 2.26. The van der Waals surface area contributed by atoms with E-state index in [1.165, 1.54) is 6.42 Å². The van der Waals surface area contributed by atoms with E-state index in [-0.39, 0.29) is 17.7 Å². The Morgan fingerprint density at radius 1 is 1.32 bits per heavy atom. The van der Waals surface area contributed by atoms with Crippen LogP contribution in [-0.2, 0) is 11.2 Å². The Kier molecular flexibility index (Phi) is 4.97. The smallest absolute Gasteiger partial charge is 0.141 e. The number of Topliss-reactive ketones (excluding diaryl/α,β-unsaturated/α-hetero) is 1. The van der Waals surface area contributed by atoms with Gasteiger partial charge in [0.05, 0.1) is 7.11 Å². The number of ketones is 1. The van der Waals surface area contributed by atoms with E-state index in [1.807, 2.05) is 24.3 Å². The molecule has 0 aromatic heterocycles. The van der Waals surface area contributed by atoms with Crippen LogP contribution in [-0.4, -0.2) is 18.9 Å². The number of benzene rings is 1. The van der Waals surface area contributed by atoms with Gasteiger partial charge in [0, 0.05) is 18.4 Å². The minimum Gasteiger partial charge on any atom is -0.497 e. The molecule has 3 nitrogen and oxygen atoms in total. The number of carbonyl (C=O) groups excluding carboxylic acids is 1. The summed E-state index contributed by atoms with van der Waals surface area (Å²) in [6.45, 7) is 0. The van der Waals surface area contributed by atoms with Crippen molar-refractivity contribution >= 4 is 5.78 Å². The van der Waals surface area contributed by atoms with Crippen LogP contribution in [0.2, 0.25) is 0 Å². The molecule has 0 saturated heterocycles. The fourth-order valence-corrected chi connectivity index (χ4v) is 2.85. The molecule has 1 aromatic rings. The molecule has 2 unspecified atom stereocenters. The Morgan fingerprint density at radius 3 is 2.89 bits per heavy atom. The SMILES string of the molecule is COc1cccc(CC(=O)C2CCCCCC2N)c1. The molecule has 0 aliphatic heterocycles. The molecule has 1 aromatic carbocycles. The molecule has 0 bridgehead atoms. The molecule has 1 fully saturated rings. The Bertz CT molecular complexity index is 431. The highest BCUT2D eigenvalue weighted by molar-refractivity contribution is 5.84. The van der Waals surface area contributed by atoms with Crippen LogP contribution < -0.4 is 10.5 Å². The number of rotatable bonds is 4. The second kappa shape index (κ2) is 6.71. The highest BCUT2D eigenvalue weighted by atomic mass is 16.5. The van der Waals surface area contributed by atoms with Gasteiger partial charge in [-0.25, -0.2) is 0 Å². The molecule has 0 spiro atoms. The first-order valence-electron chi connectivity index (χ1n) is 7.12. The monoisotopic (exact) mass is 261 g/mol. The maximum atomic E-state index is 12.4. The third kappa shape index (κ3) is 3.80. The summed E-state index contributed by atoms with van der Waals surface area (Å²) in [7, 11) is 1.64. The largest absolute Gasteiger partial charge is 0.497 e. The Morgan fingerprint density at radius 2 is 2.11 bits per heavy atom. The molecule has 104 valence electrons. The van der Waals surface area contributed by atoms with Crippen LogP contribution in [0, 0.1) is 5.92 Å². The molecule has 19 heavy (non-hydrogen) atoms. The van der Waals surface area contributed by atoms with Crippen LogP contribution in [0.3, 0.4) is 0 Å². The second-order valence-electron chi connectivity index (χ2n) is 5.40. The predicted octanol–water partition coefficient (Wildman–Crippen LogP) is 2.71. The van der Waals surface area contributed by atoms with Crippen LogP contribution in [0.5, 0.6) is 5.75 Å². The Labute approximate surface area is 115 Å². The lowest BCUT2D eigenvalue weighted by Crippen LogP contribution is -2.35. The third-order valence-electron chi connectivity index (χ3n) is 4.00. The van der Waals surface area contributed by atoms with Crippen LogP contribution >= 0.6 is 0 Å². The molecule has 1 aliphatic carbocycles. The number of ether oxygens (including phenoxy) is 1. The average Bonchev–Trinajstić information content (AvgIpc) is 2.63. The van der Waals surface area contributed by atoms with Gasteiger partial charge in [-0.15, -0.1) is 0 Å². The van der Waals surface area contributed by atoms with Gasteiger partial charge >= 0.3 is 0 Å². The number of hydrogen-bond acceptors (Lipinski definition) is 3. The van der Waals surface area contributed by atoms with E-state index in [1.54, 1.807) is 7.11 Å².